The molecule has 20 heavy (non-hydrogen) atoms. The predicted molar refractivity (Wildman–Crippen MR) is 78.6 cm³/mol. The zero-order valence-corrected chi connectivity index (χ0v) is 11.8. The van der Waals surface area contributed by atoms with Gasteiger partial charge in [0.2, 0.25) is 0 Å². The lowest BCUT2D eigenvalue weighted by Gasteiger charge is -2.19. The minimum Gasteiger partial charge on any atom is -0.480 e. The molecule has 104 valence electrons. The molecule has 0 amide bonds. The van der Waals surface area contributed by atoms with Crippen molar-refractivity contribution in [2.45, 2.75) is 25.4 Å². The Kier molecular flexibility index (Phi) is 3.80. The molecule has 2 heterocycles. The Bertz CT molecular complexity index is 597. The number of carbonyl (C=O) groups is 1. The van der Waals surface area contributed by atoms with E-state index in [-0.39, 0.29) is 6.04 Å². The molecule has 0 aliphatic carbocycles. The Hall–Kier alpha value is -1.72. The number of benzene rings is 1. The van der Waals surface area contributed by atoms with Crippen LogP contribution in [0, 0.1) is 0 Å². The van der Waals surface area contributed by atoms with Gasteiger partial charge in [-0.25, -0.2) is 4.98 Å². The first-order valence-corrected chi connectivity index (χ1v) is 7.58. The van der Waals surface area contributed by atoms with E-state index in [1.165, 1.54) is 0 Å². The van der Waals surface area contributed by atoms with Crippen molar-refractivity contribution < 1.29 is 9.90 Å². The second-order valence-electron chi connectivity index (χ2n) is 4.98. The van der Waals surface area contributed by atoms with Crippen molar-refractivity contribution in [3.63, 3.8) is 0 Å². The first kappa shape index (κ1) is 13.3. The highest BCUT2D eigenvalue weighted by molar-refractivity contribution is 7.13. The van der Waals surface area contributed by atoms with Gasteiger partial charge in [0.1, 0.15) is 11.0 Å². The van der Waals surface area contributed by atoms with Crippen LogP contribution in [0.2, 0.25) is 0 Å². The molecule has 0 saturated carbocycles. The summed E-state index contributed by atoms with van der Waals surface area (Å²) in [6.45, 7) is 1.47. The SMILES string of the molecule is O=C(O)C1CCCN1Cc1csc(-c2ccccc2)n1. The van der Waals surface area contributed by atoms with Crippen LogP contribution in [0.4, 0.5) is 0 Å². The normalized spacial score (nSPS) is 19.3. The third-order valence-electron chi connectivity index (χ3n) is 3.59. The quantitative estimate of drug-likeness (QED) is 0.940. The van der Waals surface area contributed by atoms with Gasteiger partial charge in [0.15, 0.2) is 0 Å². The summed E-state index contributed by atoms with van der Waals surface area (Å²) in [6.07, 6.45) is 1.69. The van der Waals surface area contributed by atoms with Crippen molar-refractivity contribution in [3.05, 3.63) is 41.4 Å². The summed E-state index contributed by atoms with van der Waals surface area (Å²) < 4.78 is 0. The highest BCUT2D eigenvalue weighted by Gasteiger charge is 2.30. The van der Waals surface area contributed by atoms with E-state index in [0.717, 1.165) is 35.7 Å². The first-order chi connectivity index (χ1) is 9.74. The fraction of sp³-hybridized carbons (Fsp3) is 0.333. The lowest BCUT2D eigenvalue weighted by Crippen LogP contribution is -2.35. The van der Waals surface area contributed by atoms with Gasteiger partial charge in [-0.2, -0.15) is 0 Å². The summed E-state index contributed by atoms with van der Waals surface area (Å²) in [4.78, 5) is 17.8. The molecule has 0 radical (unpaired) electrons. The summed E-state index contributed by atoms with van der Waals surface area (Å²) in [5.41, 5.74) is 2.07. The van der Waals surface area contributed by atoms with E-state index in [1.54, 1.807) is 11.3 Å². The highest BCUT2D eigenvalue weighted by Crippen LogP contribution is 2.26. The maximum absolute atomic E-state index is 11.2. The highest BCUT2D eigenvalue weighted by atomic mass is 32.1. The molecule has 1 fully saturated rings. The van der Waals surface area contributed by atoms with Gasteiger partial charge in [-0.05, 0) is 19.4 Å². The summed E-state index contributed by atoms with van der Waals surface area (Å²) in [5.74, 6) is -0.721. The van der Waals surface area contributed by atoms with Crippen LogP contribution in [0.25, 0.3) is 10.6 Å². The minimum absolute atomic E-state index is 0.350. The van der Waals surface area contributed by atoms with Crippen LogP contribution in [0.1, 0.15) is 18.5 Å². The lowest BCUT2D eigenvalue weighted by molar-refractivity contribution is -0.142. The van der Waals surface area contributed by atoms with Crippen LogP contribution in [0.15, 0.2) is 35.7 Å². The van der Waals surface area contributed by atoms with Gasteiger partial charge < -0.3 is 5.11 Å². The van der Waals surface area contributed by atoms with Crippen LogP contribution in [0.5, 0.6) is 0 Å². The zero-order chi connectivity index (χ0) is 13.9. The standard InChI is InChI=1S/C15H16N2O2S/c18-15(19)13-7-4-8-17(13)9-12-10-20-14(16-12)11-5-2-1-3-6-11/h1-3,5-6,10,13H,4,7-9H2,(H,18,19). The number of nitrogens with zero attached hydrogens (tertiary/aromatic N) is 2. The van der Waals surface area contributed by atoms with E-state index in [9.17, 15) is 9.90 Å². The lowest BCUT2D eigenvalue weighted by atomic mass is 10.2. The number of carboxylic acid groups (broad SMARTS) is 1. The van der Waals surface area contributed by atoms with Crippen molar-refractivity contribution in [2.75, 3.05) is 6.54 Å². The number of aliphatic carboxylic acids is 1. The minimum atomic E-state index is -0.721. The zero-order valence-electron chi connectivity index (χ0n) is 11.0. The fourth-order valence-electron chi connectivity index (χ4n) is 2.60. The third-order valence-corrected chi connectivity index (χ3v) is 4.53. The fourth-order valence-corrected chi connectivity index (χ4v) is 3.41. The van der Waals surface area contributed by atoms with Crippen molar-refractivity contribution >= 4 is 17.3 Å². The summed E-state index contributed by atoms with van der Waals surface area (Å²) in [5, 5.41) is 12.2. The van der Waals surface area contributed by atoms with Gasteiger partial charge >= 0.3 is 5.97 Å². The third kappa shape index (κ3) is 2.73. The Morgan fingerprint density at radius 3 is 2.95 bits per heavy atom. The van der Waals surface area contributed by atoms with Gasteiger partial charge in [-0.3, -0.25) is 9.69 Å². The average Bonchev–Trinajstić information content (AvgIpc) is 3.09. The Labute approximate surface area is 121 Å². The molecule has 1 atom stereocenters. The van der Waals surface area contributed by atoms with Crippen molar-refractivity contribution in [2.24, 2.45) is 0 Å². The Morgan fingerprint density at radius 1 is 1.40 bits per heavy atom. The number of thiazole rings is 1. The first-order valence-electron chi connectivity index (χ1n) is 6.71. The van der Waals surface area contributed by atoms with Gasteiger partial charge in [-0.15, -0.1) is 11.3 Å². The van der Waals surface area contributed by atoms with E-state index < -0.39 is 5.97 Å². The number of rotatable bonds is 4. The average molecular weight is 288 g/mol. The smallest absolute Gasteiger partial charge is 0.320 e. The summed E-state index contributed by atoms with van der Waals surface area (Å²) in [6, 6.07) is 9.71. The van der Waals surface area contributed by atoms with Crippen molar-refractivity contribution in [1.29, 1.82) is 0 Å². The molecule has 5 heteroatoms. The molecule has 2 aromatic rings. The van der Waals surface area contributed by atoms with Crippen LogP contribution < -0.4 is 0 Å². The van der Waals surface area contributed by atoms with E-state index in [2.05, 4.69) is 4.98 Å². The van der Waals surface area contributed by atoms with Gasteiger partial charge in [0, 0.05) is 17.5 Å². The number of likely N-dealkylation sites (tertiary alicyclic amines) is 1. The maximum atomic E-state index is 11.2. The Balaban J connectivity index is 1.73. The number of aromatic nitrogens is 1. The second kappa shape index (κ2) is 5.73. The largest absolute Gasteiger partial charge is 0.480 e. The molecule has 1 aliphatic rings. The van der Waals surface area contributed by atoms with Gasteiger partial charge in [0.05, 0.1) is 5.69 Å². The number of hydrogen-bond acceptors (Lipinski definition) is 4. The van der Waals surface area contributed by atoms with E-state index in [4.69, 9.17) is 0 Å². The van der Waals surface area contributed by atoms with E-state index in [0.29, 0.717) is 6.54 Å². The molecule has 0 bridgehead atoms. The topological polar surface area (TPSA) is 53.4 Å². The molecule has 4 nitrogen and oxygen atoms in total. The van der Waals surface area contributed by atoms with Gasteiger partial charge in [-0.1, -0.05) is 30.3 Å². The van der Waals surface area contributed by atoms with E-state index in [1.807, 2.05) is 40.6 Å². The predicted octanol–water partition coefficient (Wildman–Crippen LogP) is 2.86. The molecule has 1 aliphatic heterocycles. The van der Waals surface area contributed by atoms with Crippen LogP contribution in [-0.4, -0.2) is 33.5 Å². The maximum Gasteiger partial charge on any atom is 0.320 e. The molecular formula is C15H16N2O2S. The molecular weight excluding hydrogens is 272 g/mol. The van der Waals surface area contributed by atoms with Crippen LogP contribution in [0.3, 0.4) is 0 Å². The molecule has 1 saturated heterocycles. The van der Waals surface area contributed by atoms with Crippen LogP contribution >= 0.6 is 11.3 Å². The molecule has 1 aromatic carbocycles. The monoisotopic (exact) mass is 288 g/mol. The molecule has 1 N–H and O–H groups in total. The van der Waals surface area contributed by atoms with Gasteiger partial charge in [0.25, 0.3) is 0 Å². The number of hydrogen-bond donors (Lipinski definition) is 1. The molecule has 1 aromatic heterocycles. The molecule has 0 spiro atoms. The second-order valence-corrected chi connectivity index (χ2v) is 5.83. The van der Waals surface area contributed by atoms with Crippen molar-refractivity contribution in [1.82, 2.24) is 9.88 Å². The summed E-state index contributed by atoms with van der Waals surface area (Å²) in [7, 11) is 0. The number of carboxylic acids is 1. The Morgan fingerprint density at radius 2 is 2.20 bits per heavy atom. The van der Waals surface area contributed by atoms with Crippen molar-refractivity contribution in [3.8, 4) is 10.6 Å². The van der Waals surface area contributed by atoms with Crippen LogP contribution in [-0.2, 0) is 11.3 Å². The molecule has 3 rings (SSSR count). The molecule has 1 unspecified atom stereocenters. The van der Waals surface area contributed by atoms with E-state index >= 15 is 0 Å². The summed E-state index contributed by atoms with van der Waals surface area (Å²) >= 11 is 1.61.